The summed E-state index contributed by atoms with van der Waals surface area (Å²) >= 11 is 0. The van der Waals surface area contributed by atoms with E-state index < -0.39 is 0 Å². The molecular weight excluding hydrogens is 234 g/mol. The van der Waals surface area contributed by atoms with Gasteiger partial charge in [0.05, 0.1) is 5.69 Å². The summed E-state index contributed by atoms with van der Waals surface area (Å²) in [5.74, 6) is 0.620. The molecule has 0 aromatic heterocycles. The van der Waals surface area contributed by atoms with Crippen LogP contribution in [0.2, 0.25) is 0 Å². The van der Waals surface area contributed by atoms with E-state index in [9.17, 15) is 0 Å². The minimum Gasteiger partial charge on any atom is -0.473 e. The first-order valence-corrected chi connectivity index (χ1v) is 6.22. The predicted molar refractivity (Wildman–Crippen MR) is 79.8 cm³/mol. The Labute approximate surface area is 114 Å². The zero-order valence-electron chi connectivity index (χ0n) is 11.0. The molecule has 0 bridgehead atoms. The number of nitrogens with zero attached hydrogens (tertiary/aromatic N) is 1. The van der Waals surface area contributed by atoms with Gasteiger partial charge in [-0.25, -0.2) is 4.99 Å². The molecule has 0 atom stereocenters. The molecule has 2 heteroatoms. The second-order valence-corrected chi connectivity index (χ2v) is 4.36. The van der Waals surface area contributed by atoms with Gasteiger partial charge in [0, 0.05) is 5.56 Å². The SMILES string of the molecule is C=C(C)COC(=Nc1ccccc1)c1ccccc1. The Bertz CT molecular complexity index is 558. The lowest BCUT2D eigenvalue weighted by molar-refractivity contribution is 0.341. The Morgan fingerprint density at radius 3 is 2.16 bits per heavy atom. The summed E-state index contributed by atoms with van der Waals surface area (Å²) in [6.07, 6.45) is 0. The predicted octanol–water partition coefficient (Wildman–Crippen LogP) is 4.36. The van der Waals surface area contributed by atoms with E-state index in [0.717, 1.165) is 16.8 Å². The first-order valence-electron chi connectivity index (χ1n) is 6.22. The van der Waals surface area contributed by atoms with Gasteiger partial charge in [-0.05, 0) is 36.8 Å². The van der Waals surface area contributed by atoms with Crippen molar-refractivity contribution in [1.82, 2.24) is 0 Å². The van der Waals surface area contributed by atoms with Crippen LogP contribution in [0.5, 0.6) is 0 Å². The van der Waals surface area contributed by atoms with E-state index in [1.165, 1.54) is 0 Å². The van der Waals surface area contributed by atoms with Crippen molar-refractivity contribution in [2.24, 2.45) is 4.99 Å². The fourth-order valence-corrected chi connectivity index (χ4v) is 1.57. The Morgan fingerprint density at radius 2 is 1.58 bits per heavy atom. The molecule has 0 heterocycles. The zero-order valence-corrected chi connectivity index (χ0v) is 11.0. The topological polar surface area (TPSA) is 21.6 Å². The average Bonchev–Trinajstić information content (AvgIpc) is 2.45. The van der Waals surface area contributed by atoms with Gasteiger partial charge in [-0.15, -0.1) is 0 Å². The van der Waals surface area contributed by atoms with Crippen molar-refractivity contribution in [3.8, 4) is 0 Å². The van der Waals surface area contributed by atoms with Gasteiger partial charge in [-0.2, -0.15) is 0 Å². The van der Waals surface area contributed by atoms with Gasteiger partial charge < -0.3 is 4.74 Å². The van der Waals surface area contributed by atoms with Crippen LogP contribution in [-0.2, 0) is 4.74 Å². The van der Waals surface area contributed by atoms with E-state index >= 15 is 0 Å². The molecule has 2 aromatic carbocycles. The molecule has 0 aliphatic heterocycles. The molecule has 2 aromatic rings. The maximum absolute atomic E-state index is 5.74. The van der Waals surface area contributed by atoms with Crippen LogP contribution in [-0.4, -0.2) is 12.5 Å². The number of rotatable bonds is 4. The summed E-state index contributed by atoms with van der Waals surface area (Å²) in [7, 11) is 0. The van der Waals surface area contributed by atoms with E-state index in [1.807, 2.05) is 67.6 Å². The van der Waals surface area contributed by atoms with Crippen molar-refractivity contribution >= 4 is 11.6 Å². The highest BCUT2D eigenvalue weighted by atomic mass is 16.5. The molecule has 2 nitrogen and oxygen atoms in total. The monoisotopic (exact) mass is 251 g/mol. The van der Waals surface area contributed by atoms with E-state index in [4.69, 9.17) is 4.74 Å². The molecule has 0 aliphatic carbocycles. The highest BCUT2D eigenvalue weighted by Gasteiger charge is 2.04. The quantitative estimate of drug-likeness (QED) is 0.449. The number of para-hydroxylation sites is 1. The van der Waals surface area contributed by atoms with Crippen molar-refractivity contribution in [2.75, 3.05) is 6.61 Å². The number of hydrogen-bond acceptors (Lipinski definition) is 2. The van der Waals surface area contributed by atoms with Crippen LogP contribution in [0, 0.1) is 0 Å². The summed E-state index contributed by atoms with van der Waals surface area (Å²) in [5.41, 5.74) is 2.81. The first-order chi connectivity index (χ1) is 9.25. The standard InChI is InChI=1S/C17H17NO/c1-14(2)13-19-17(15-9-5-3-6-10-15)18-16-11-7-4-8-12-16/h3-12H,1,13H2,2H3. The molecule has 0 fully saturated rings. The fraction of sp³-hybridized carbons (Fsp3) is 0.118. The van der Waals surface area contributed by atoms with E-state index in [2.05, 4.69) is 11.6 Å². The van der Waals surface area contributed by atoms with Gasteiger partial charge >= 0.3 is 0 Å². The second kappa shape index (κ2) is 6.55. The molecule has 0 saturated carbocycles. The van der Waals surface area contributed by atoms with Crippen molar-refractivity contribution < 1.29 is 4.74 Å². The van der Waals surface area contributed by atoms with Gasteiger partial charge in [0.25, 0.3) is 0 Å². The third-order valence-corrected chi connectivity index (χ3v) is 2.46. The van der Waals surface area contributed by atoms with Crippen LogP contribution in [0.25, 0.3) is 0 Å². The molecule has 19 heavy (non-hydrogen) atoms. The molecule has 0 aliphatic rings. The molecule has 0 radical (unpaired) electrons. The lowest BCUT2D eigenvalue weighted by Crippen LogP contribution is -2.08. The van der Waals surface area contributed by atoms with Gasteiger partial charge in [0.15, 0.2) is 0 Å². The molecule has 0 spiro atoms. The Balaban J connectivity index is 2.29. The largest absolute Gasteiger partial charge is 0.473 e. The van der Waals surface area contributed by atoms with Gasteiger partial charge in [0.1, 0.15) is 6.61 Å². The lowest BCUT2D eigenvalue weighted by Gasteiger charge is -2.09. The minimum absolute atomic E-state index is 0.473. The Morgan fingerprint density at radius 1 is 1.00 bits per heavy atom. The van der Waals surface area contributed by atoms with Crippen molar-refractivity contribution in [2.45, 2.75) is 6.92 Å². The Kier molecular flexibility index (Phi) is 4.51. The van der Waals surface area contributed by atoms with E-state index in [1.54, 1.807) is 0 Å². The summed E-state index contributed by atoms with van der Waals surface area (Å²) in [4.78, 5) is 4.55. The molecule has 0 N–H and O–H groups in total. The first kappa shape index (κ1) is 13.1. The van der Waals surface area contributed by atoms with Crippen molar-refractivity contribution in [3.05, 3.63) is 78.4 Å². The van der Waals surface area contributed by atoms with E-state index in [0.29, 0.717) is 12.5 Å². The summed E-state index contributed by atoms with van der Waals surface area (Å²) in [6, 6.07) is 19.7. The highest BCUT2D eigenvalue weighted by molar-refractivity contribution is 5.95. The summed E-state index contributed by atoms with van der Waals surface area (Å²) in [5, 5.41) is 0. The van der Waals surface area contributed by atoms with Gasteiger partial charge in [-0.1, -0.05) is 43.0 Å². The number of benzene rings is 2. The summed E-state index contributed by atoms with van der Waals surface area (Å²) < 4.78 is 5.74. The minimum atomic E-state index is 0.473. The van der Waals surface area contributed by atoms with Crippen LogP contribution in [0.1, 0.15) is 12.5 Å². The second-order valence-electron chi connectivity index (χ2n) is 4.36. The van der Waals surface area contributed by atoms with Crippen LogP contribution < -0.4 is 0 Å². The van der Waals surface area contributed by atoms with E-state index in [-0.39, 0.29) is 0 Å². The van der Waals surface area contributed by atoms with Crippen LogP contribution in [0.15, 0.2) is 77.8 Å². The Hall–Kier alpha value is -2.35. The molecular formula is C17H17NO. The smallest absolute Gasteiger partial charge is 0.221 e. The average molecular weight is 251 g/mol. The lowest BCUT2D eigenvalue weighted by atomic mass is 10.2. The number of ether oxygens (including phenoxy) is 1. The molecule has 2 rings (SSSR count). The van der Waals surface area contributed by atoms with Crippen LogP contribution in [0.4, 0.5) is 5.69 Å². The van der Waals surface area contributed by atoms with Crippen LogP contribution >= 0.6 is 0 Å². The van der Waals surface area contributed by atoms with Gasteiger partial charge in [-0.3, -0.25) is 0 Å². The molecule has 0 saturated heterocycles. The zero-order chi connectivity index (χ0) is 13.5. The normalized spacial score (nSPS) is 11.1. The fourth-order valence-electron chi connectivity index (χ4n) is 1.57. The number of aliphatic imine (C=N–C) groups is 1. The van der Waals surface area contributed by atoms with Gasteiger partial charge in [0.2, 0.25) is 5.90 Å². The third-order valence-electron chi connectivity index (χ3n) is 2.46. The number of hydrogen-bond donors (Lipinski definition) is 0. The van der Waals surface area contributed by atoms with Crippen LogP contribution in [0.3, 0.4) is 0 Å². The third kappa shape index (κ3) is 4.11. The maximum atomic E-state index is 5.74. The maximum Gasteiger partial charge on any atom is 0.221 e. The van der Waals surface area contributed by atoms with Crippen molar-refractivity contribution in [1.29, 1.82) is 0 Å². The molecule has 96 valence electrons. The molecule has 0 unspecified atom stereocenters. The summed E-state index contributed by atoms with van der Waals surface area (Å²) in [6.45, 7) is 6.26. The molecule has 0 amide bonds. The van der Waals surface area contributed by atoms with Crippen molar-refractivity contribution in [3.63, 3.8) is 0 Å². The highest BCUT2D eigenvalue weighted by Crippen LogP contribution is 2.14.